The molecule has 0 spiro atoms. The minimum atomic E-state index is -0.383. The monoisotopic (exact) mass is 170 g/mol. The van der Waals surface area contributed by atoms with Gasteiger partial charge in [-0.15, -0.1) is 0 Å². The minimum absolute atomic E-state index is 0.0269. The molecule has 66 valence electrons. The quantitative estimate of drug-likeness (QED) is 0.520. The Bertz CT molecular complexity index is 239. The molecule has 1 fully saturated rings. The molecule has 0 bridgehead atoms. The van der Waals surface area contributed by atoms with Gasteiger partial charge in [0.2, 0.25) is 0 Å². The summed E-state index contributed by atoms with van der Waals surface area (Å²) < 4.78 is 4.56. The van der Waals surface area contributed by atoms with Crippen LogP contribution < -0.4 is 5.32 Å². The van der Waals surface area contributed by atoms with Crippen LogP contribution >= 0.6 is 0 Å². The van der Waals surface area contributed by atoms with Crippen LogP contribution in [0.2, 0.25) is 0 Å². The van der Waals surface area contributed by atoms with E-state index in [1.165, 1.54) is 7.11 Å². The predicted molar refractivity (Wildman–Crippen MR) is 40.7 cm³/mol. The smallest absolute Gasteiger partial charge is 0.356 e. The summed E-state index contributed by atoms with van der Waals surface area (Å²) in [6.07, 6.45) is 0.0269. The maximum absolute atomic E-state index is 11.1. The molecule has 5 nitrogen and oxygen atoms in total. The van der Waals surface area contributed by atoms with Gasteiger partial charge in [0.15, 0.2) is 5.71 Å². The molecule has 2 atom stereocenters. The van der Waals surface area contributed by atoms with Gasteiger partial charge in [0.1, 0.15) is 6.10 Å². The molecule has 5 heteroatoms. The molecule has 0 aromatic rings. The standard InChI is InChI=1S/C7H10N2O3/c1-11-7(10)6-4-2-8-3-5(4)12-9-6/h4-5,8H,2-3H2,1H3/t4-,5+/m0/s1. The van der Waals surface area contributed by atoms with Crippen LogP contribution in [0.25, 0.3) is 0 Å². The Hall–Kier alpha value is -1.10. The summed E-state index contributed by atoms with van der Waals surface area (Å²) in [4.78, 5) is 16.1. The van der Waals surface area contributed by atoms with E-state index in [2.05, 4.69) is 15.2 Å². The van der Waals surface area contributed by atoms with Gasteiger partial charge in [0.05, 0.1) is 13.0 Å². The number of carbonyl (C=O) groups excluding carboxylic acids is 1. The summed E-state index contributed by atoms with van der Waals surface area (Å²) in [7, 11) is 1.35. The number of carbonyl (C=O) groups is 1. The van der Waals surface area contributed by atoms with Crippen molar-refractivity contribution in [3.05, 3.63) is 0 Å². The molecule has 0 amide bonds. The van der Waals surface area contributed by atoms with Gasteiger partial charge in [-0.05, 0) is 0 Å². The molecule has 1 N–H and O–H groups in total. The van der Waals surface area contributed by atoms with E-state index in [9.17, 15) is 4.79 Å². The fraction of sp³-hybridized carbons (Fsp3) is 0.714. The summed E-state index contributed by atoms with van der Waals surface area (Å²) in [6, 6.07) is 0. The maximum Gasteiger partial charge on any atom is 0.356 e. The molecule has 0 unspecified atom stereocenters. The van der Waals surface area contributed by atoms with E-state index in [1.54, 1.807) is 0 Å². The van der Waals surface area contributed by atoms with Gasteiger partial charge in [-0.3, -0.25) is 0 Å². The van der Waals surface area contributed by atoms with Crippen molar-refractivity contribution in [1.82, 2.24) is 5.32 Å². The molecule has 0 radical (unpaired) electrons. The highest BCUT2D eigenvalue weighted by Gasteiger charge is 2.41. The first-order valence-corrected chi connectivity index (χ1v) is 3.85. The van der Waals surface area contributed by atoms with E-state index < -0.39 is 0 Å². The maximum atomic E-state index is 11.1. The van der Waals surface area contributed by atoms with E-state index in [1.807, 2.05) is 0 Å². The highest BCUT2D eigenvalue weighted by atomic mass is 16.6. The second-order valence-electron chi connectivity index (χ2n) is 2.88. The van der Waals surface area contributed by atoms with Crippen LogP contribution in [0.15, 0.2) is 5.16 Å². The van der Waals surface area contributed by atoms with Crippen LogP contribution in [0.1, 0.15) is 0 Å². The number of hydrogen-bond donors (Lipinski definition) is 1. The molecule has 2 aliphatic heterocycles. The van der Waals surface area contributed by atoms with Crippen LogP contribution in [0.5, 0.6) is 0 Å². The predicted octanol–water partition coefficient (Wildman–Crippen LogP) is -0.866. The molecular formula is C7H10N2O3. The fourth-order valence-electron chi connectivity index (χ4n) is 1.52. The Morgan fingerprint density at radius 2 is 2.58 bits per heavy atom. The Morgan fingerprint density at radius 1 is 1.75 bits per heavy atom. The third kappa shape index (κ3) is 0.972. The fourth-order valence-corrected chi connectivity index (χ4v) is 1.52. The van der Waals surface area contributed by atoms with E-state index in [0.29, 0.717) is 5.71 Å². The number of methoxy groups -OCH3 is 1. The van der Waals surface area contributed by atoms with E-state index in [-0.39, 0.29) is 18.0 Å². The summed E-state index contributed by atoms with van der Waals surface area (Å²) in [5, 5.41) is 6.81. The molecule has 1 saturated heterocycles. The molecule has 0 aromatic carbocycles. The summed E-state index contributed by atoms with van der Waals surface area (Å²) >= 11 is 0. The van der Waals surface area contributed by atoms with Crippen molar-refractivity contribution >= 4 is 11.7 Å². The van der Waals surface area contributed by atoms with Gasteiger partial charge in [0.25, 0.3) is 0 Å². The zero-order valence-corrected chi connectivity index (χ0v) is 6.74. The summed E-state index contributed by atoms with van der Waals surface area (Å²) in [5.41, 5.74) is 0.410. The second-order valence-corrected chi connectivity index (χ2v) is 2.88. The molecule has 12 heavy (non-hydrogen) atoms. The van der Waals surface area contributed by atoms with Gasteiger partial charge in [-0.2, -0.15) is 0 Å². The number of oxime groups is 1. The van der Waals surface area contributed by atoms with Crippen LogP contribution in [-0.2, 0) is 14.4 Å². The number of fused-ring (bicyclic) bond motifs is 1. The molecule has 0 aromatic heterocycles. The van der Waals surface area contributed by atoms with Gasteiger partial charge < -0.3 is 14.9 Å². The molecular weight excluding hydrogens is 160 g/mol. The van der Waals surface area contributed by atoms with Crippen molar-refractivity contribution in [3.8, 4) is 0 Å². The summed E-state index contributed by atoms with van der Waals surface area (Å²) in [5.74, 6) is -0.302. The van der Waals surface area contributed by atoms with E-state index in [0.717, 1.165) is 13.1 Å². The SMILES string of the molecule is COC(=O)C1=NO[C@@H]2CNC[C@H]12. The van der Waals surface area contributed by atoms with Crippen LogP contribution in [0.4, 0.5) is 0 Å². The highest BCUT2D eigenvalue weighted by molar-refractivity contribution is 6.37. The Balaban J connectivity index is 2.12. The number of nitrogens with one attached hydrogen (secondary N) is 1. The normalized spacial score (nSPS) is 32.2. The largest absolute Gasteiger partial charge is 0.464 e. The lowest BCUT2D eigenvalue weighted by Gasteiger charge is -2.04. The number of hydrogen-bond acceptors (Lipinski definition) is 5. The number of ether oxygens (including phenoxy) is 1. The van der Waals surface area contributed by atoms with Crippen LogP contribution in [0, 0.1) is 5.92 Å². The molecule has 2 heterocycles. The molecule has 2 rings (SSSR count). The second kappa shape index (κ2) is 2.75. The average molecular weight is 170 g/mol. The van der Waals surface area contributed by atoms with Crippen molar-refractivity contribution in [2.45, 2.75) is 6.10 Å². The Labute approximate surface area is 69.7 Å². The van der Waals surface area contributed by atoms with Crippen LogP contribution in [-0.4, -0.2) is 38.0 Å². The van der Waals surface area contributed by atoms with Gasteiger partial charge in [-0.1, -0.05) is 5.16 Å². The lowest BCUT2D eigenvalue weighted by atomic mass is 10.0. The van der Waals surface area contributed by atoms with E-state index >= 15 is 0 Å². The third-order valence-electron chi connectivity index (χ3n) is 2.19. The summed E-state index contributed by atoms with van der Waals surface area (Å²) in [6.45, 7) is 1.51. The van der Waals surface area contributed by atoms with Crippen molar-refractivity contribution < 1.29 is 14.4 Å². The third-order valence-corrected chi connectivity index (χ3v) is 2.19. The zero-order valence-electron chi connectivity index (χ0n) is 6.74. The molecule has 0 aliphatic carbocycles. The number of rotatable bonds is 1. The van der Waals surface area contributed by atoms with Gasteiger partial charge in [-0.25, -0.2) is 4.79 Å². The van der Waals surface area contributed by atoms with E-state index in [4.69, 9.17) is 4.84 Å². The molecule has 2 aliphatic rings. The lowest BCUT2D eigenvalue weighted by Crippen LogP contribution is -2.28. The number of nitrogens with zero attached hydrogens (tertiary/aromatic N) is 1. The zero-order chi connectivity index (χ0) is 8.55. The van der Waals surface area contributed by atoms with Crippen molar-refractivity contribution in [3.63, 3.8) is 0 Å². The topological polar surface area (TPSA) is 59.9 Å². The minimum Gasteiger partial charge on any atom is -0.464 e. The van der Waals surface area contributed by atoms with Crippen molar-refractivity contribution in [2.24, 2.45) is 11.1 Å². The molecule has 0 saturated carbocycles. The average Bonchev–Trinajstić information content (AvgIpc) is 2.62. The van der Waals surface area contributed by atoms with Gasteiger partial charge >= 0.3 is 5.97 Å². The lowest BCUT2D eigenvalue weighted by molar-refractivity contribution is -0.133. The van der Waals surface area contributed by atoms with Crippen molar-refractivity contribution in [1.29, 1.82) is 0 Å². The Morgan fingerprint density at radius 3 is 3.33 bits per heavy atom. The first kappa shape index (κ1) is 7.54. The van der Waals surface area contributed by atoms with Crippen molar-refractivity contribution in [2.75, 3.05) is 20.2 Å². The van der Waals surface area contributed by atoms with Gasteiger partial charge in [0, 0.05) is 13.1 Å². The van der Waals surface area contributed by atoms with Crippen LogP contribution in [0.3, 0.4) is 0 Å². The first-order valence-electron chi connectivity index (χ1n) is 3.85. The number of esters is 1. The first-order chi connectivity index (χ1) is 5.83. The Kier molecular flexibility index (Phi) is 1.73. The highest BCUT2D eigenvalue weighted by Crippen LogP contribution is 2.22.